The quantitative estimate of drug-likeness (QED) is 0.921. The van der Waals surface area contributed by atoms with Crippen LogP contribution in [0.2, 0.25) is 0 Å². The van der Waals surface area contributed by atoms with Gasteiger partial charge in [0.2, 0.25) is 0 Å². The minimum Gasteiger partial charge on any atom is -0.370 e. The molecule has 0 radical (unpaired) electrons. The predicted octanol–water partition coefficient (Wildman–Crippen LogP) is 4.21. The number of nitrogens with zero attached hydrogens (tertiary/aromatic N) is 2. The Balaban J connectivity index is 2.47. The third-order valence-corrected chi connectivity index (χ3v) is 3.09. The number of hydrogen-bond acceptors (Lipinski definition) is 3. The minimum atomic E-state index is -4.33. The van der Waals surface area contributed by atoms with Gasteiger partial charge in [-0.3, -0.25) is 0 Å². The van der Waals surface area contributed by atoms with E-state index in [1.54, 1.807) is 6.92 Å². The second kappa shape index (κ2) is 5.71. The van der Waals surface area contributed by atoms with Crippen LogP contribution in [0.3, 0.4) is 0 Å². The highest BCUT2D eigenvalue weighted by Crippen LogP contribution is 2.32. The molecule has 3 nitrogen and oxygen atoms in total. The minimum absolute atomic E-state index is 0.575. The van der Waals surface area contributed by atoms with Crippen molar-refractivity contribution in [2.75, 3.05) is 11.9 Å². The van der Waals surface area contributed by atoms with Gasteiger partial charge in [0.05, 0.1) is 11.3 Å². The second-order valence-corrected chi connectivity index (χ2v) is 4.70. The van der Waals surface area contributed by atoms with Crippen molar-refractivity contribution in [3.05, 3.63) is 41.2 Å². The summed E-state index contributed by atoms with van der Waals surface area (Å²) in [5, 5.41) is 3.13. The number of rotatable bonds is 3. The topological polar surface area (TPSA) is 37.8 Å². The number of nitrogens with one attached hydrogen (secondary N) is 1. The molecule has 0 aliphatic rings. The van der Waals surface area contributed by atoms with Gasteiger partial charge in [-0.2, -0.15) is 13.2 Å². The van der Waals surface area contributed by atoms with E-state index in [1.807, 2.05) is 13.8 Å². The lowest BCUT2D eigenvalue weighted by Crippen LogP contribution is -2.07. The van der Waals surface area contributed by atoms with Crippen LogP contribution in [-0.2, 0) is 6.18 Å². The maximum Gasteiger partial charge on any atom is 0.416 e. The zero-order chi connectivity index (χ0) is 15.6. The predicted molar refractivity (Wildman–Crippen MR) is 76.1 cm³/mol. The average Bonchev–Trinajstić information content (AvgIpc) is 2.42. The monoisotopic (exact) mass is 295 g/mol. The first-order valence-electron chi connectivity index (χ1n) is 6.59. The van der Waals surface area contributed by atoms with Gasteiger partial charge < -0.3 is 5.32 Å². The van der Waals surface area contributed by atoms with Crippen molar-refractivity contribution in [3.8, 4) is 11.3 Å². The number of halogens is 3. The first kappa shape index (κ1) is 15.3. The number of hydrogen-bond donors (Lipinski definition) is 1. The standard InChI is InChI=1S/C15H16F3N3/c1-4-19-14-9(2)13(20-10(3)21-14)11-5-7-12(8-6-11)15(16,17)18/h5-8H,4H2,1-3H3,(H,19,20,21). The van der Waals surface area contributed by atoms with Gasteiger partial charge >= 0.3 is 6.18 Å². The number of alkyl halides is 3. The summed E-state index contributed by atoms with van der Waals surface area (Å²) in [4.78, 5) is 8.65. The van der Waals surface area contributed by atoms with Crippen molar-refractivity contribution in [1.29, 1.82) is 0 Å². The fourth-order valence-corrected chi connectivity index (χ4v) is 2.07. The molecule has 0 atom stereocenters. The van der Waals surface area contributed by atoms with Crippen LogP contribution in [0.15, 0.2) is 24.3 Å². The maximum absolute atomic E-state index is 12.6. The fourth-order valence-electron chi connectivity index (χ4n) is 2.07. The number of aromatic nitrogens is 2. The SMILES string of the molecule is CCNc1nc(C)nc(-c2ccc(C(F)(F)F)cc2)c1C. The van der Waals surface area contributed by atoms with Crippen molar-refractivity contribution in [2.45, 2.75) is 26.9 Å². The van der Waals surface area contributed by atoms with E-state index in [0.717, 1.165) is 17.7 Å². The van der Waals surface area contributed by atoms with Gasteiger partial charge in [-0.1, -0.05) is 12.1 Å². The highest BCUT2D eigenvalue weighted by atomic mass is 19.4. The summed E-state index contributed by atoms with van der Waals surface area (Å²) in [6.07, 6.45) is -4.33. The summed E-state index contributed by atoms with van der Waals surface area (Å²) in [7, 11) is 0. The number of anilines is 1. The first-order valence-corrected chi connectivity index (χ1v) is 6.59. The summed E-state index contributed by atoms with van der Waals surface area (Å²) >= 11 is 0. The van der Waals surface area contributed by atoms with Crippen molar-refractivity contribution in [3.63, 3.8) is 0 Å². The molecule has 0 unspecified atom stereocenters. The van der Waals surface area contributed by atoms with Crippen molar-refractivity contribution in [2.24, 2.45) is 0 Å². The van der Waals surface area contributed by atoms with Crippen LogP contribution < -0.4 is 5.32 Å². The molecular weight excluding hydrogens is 279 g/mol. The molecule has 0 saturated heterocycles. The lowest BCUT2D eigenvalue weighted by molar-refractivity contribution is -0.137. The third kappa shape index (κ3) is 3.32. The Hall–Kier alpha value is -2.11. The Morgan fingerprint density at radius 3 is 2.19 bits per heavy atom. The molecule has 2 rings (SSSR count). The second-order valence-electron chi connectivity index (χ2n) is 4.70. The highest BCUT2D eigenvalue weighted by molar-refractivity contribution is 5.68. The summed E-state index contributed by atoms with van der Waals surface area (Å²) in [5.74, 6) is 1.28. The van der Waals surface area contributed by atoms with Crippen molar-refractivity contribution in [1.82, 2.24) is 9.97 Å². The van der Waals surface area contributed by atoms with Crippen molar-refractivity contribution >= 4 is 5.82 Å². The molecule has 6 heteroatoms. The Morgan fingerprint density at radius 1 is 1.05 bits per heavy atom. The van der Waals surface area contributed by atoms with Gasteiger partial charge in [-0.15, -0.1) is 0 Å². The molecule has 21 heavy (non-hydrogen) atoms. The summed E-state index contributed by atoms with van der Waals surface area (Å²) in [6.45, 7) is 6.27. The van der Waals surface area contributed by atoms with Crippen molar-refractivity contribution < 1.29 is 13.2 Å². The highest BCUT2D eigenvalue weighted by Gasteiger charge is 2.30. The van der Waals surface area contributed by atoms with E-state index in [9.17, 15) is 13.2 Å². The van der Waals surface area contributed by atoms with Crippen LogP contribution in [0.25, 0.3) is 11.3 Å². The molecule has 1 N–H and O–H groups in total. The Morgan fingerprint density at radius 2 is 1.67 bits per heavy atom. The molecule has 112 valence electrons. The van der Waals surface area contributed by atoms with Crippen LogP contribution in [0.4, 0.5) is 19.0 Å². The Labute approximate surface area is 121 Å². The van der Waals surface area contributed by atoms with E-state index >= 15 is 0 Å². The summed E-state index contributed by atoms with van der Waals surface area (Å²) in [5.41, 5.74) is 1.45. The van der Waals surface area contributed by atoms with E-state index in [0.29, 0.717) is 29.4 Å². The molecule has 0 fully saturated rings. The van der Waals surface area contributed by atoms with Gasteiger partial charge in [0, 0.05) is 17.7 Å². The molecule has 1 aromatic heterocycles. The molecule has 0 spiro atoms. The molecule has 0 saturated carbocycles. The van der Waals surface area contributed by atoms with E-state index in [2.05, 4.69) is 15.3 Å². The van der Waals surface area contributed by atoms with Crippen LogP contribution >= 0.6 is 0 Å². The molecule has 0 bridgehead atoms. The molecule has 1 heterocycles. The van der Waals surface area contributed by atoms with E-state index < -0.39 is 11.7 Å². The zero-order valence-electron chi connectivity index (χ0n) is 12.0. The van der Waals surface area contributed by atoms with Crippen LogP contribution in [0, 0.1) is 13.8 Å². The van der Waals surface area contributed by atoms with E-state index in [1.165, 1.54) is 12.1 Å². The summed E-state index contributed by atoms with van der Waals surface area (Å²) in [6, 6.07) is 5.01. The van der Waals surface area contributed by atoms with Crippen LogP contribution in [0.5, 0.6) is 0 Å². The largest absolute Gasteiger partial charge is 0.416 e. The molecular formula is C15H16F3N3. The van der Waals surface area contributed by atoms with E-state index in [4.69, 9.17) is 0 Å². The summed E-state index contributed by atoms with van der Waals surface area (Å²) < 4.78 is 37.8. The van der Waals surface area contributed by atoms with Crippen LogP contribution in [-0.4, -0.2) is 16.5 Å². The molecule has 1 aromatic carbocycles. The number of benzene rings is 1. The Kier molecular flexibility index (Phi) is 4.16. The van der Waals surface area contributed by atoms with E-state index in [-0.39, 0.29) is 0 Å². The first-order chi connectivity index (χ1) is 9.82. The van der Waals surface area contributed by atoms with Gasteiger partial charge in [-0.25, -0.2) is 9.97 Å². The molecule has 0 aliphatic carbocycles. The fraction of sp³-hybridized carbons (Fsp3) is 0.333. The number of aryl methyl sites for hydroxylation is 1. The molecule has 0 aliphatic heterocycles. The maximum atomic E-state index is 12.6. The molecule has 2 aromatic rings. The molecule has 0 amide bonds. The Bertz CT molecular complexity index is 634. The average molecular weight is 295 g/mol. The van der Waals surface area contributed by atoms with Crippen LogP contribution in [0.1, 0.15) is 23.9 Å². The smallest absolute Gasteiger partial charge is 0.370 e. The van der Waals surface area contributed by atoms with Gasteiger partial charge in [0.1, 0.15) is 11.6 Å². The lowest BCUT2D eigenvalue weighted by atomic mass is 10.0. The normalized spacial score (nSPS) is 11.5. The third-order valence-electron chi connectivity index (χ3n) is 3.09. The van der Waals surface area contributed by atoms with Gasteiger partial charge in [0.25, 0.3) is 0 Å². The zero-order valence-corrected chi connectivity index (χ0v) is 12.0. The van der Waals surface area contributed by atoms with Gasteiger partial charge in [-0.05, 0) is 32.9 Å². The van der Waals surface area contributed by atoms with Gasteiger partial charge in [0.15, 0.2) is 0 Å². The lowest BCUT2D eigenvalue weighted by Gasteiger charge is -2.13.